The number of anilines is 2. The molecule has 320 valence electrons. The first-order chi connectivity index (χ1) is 28.7. The second kappa shape index (κ2) is 15.0. The summed E-state index contributed by atoms with van der Waals surface area (Å²) in [5, 5.41) is 3.92. The number of ether oxygens (including phenoxy) is 2. The molecule has 2 spiro atoms. The molecule has 4 aliphatic rings. The van der Waals surface area contributed by atoms with Gasteiger partial charge in [0.25, 0.3) is 0 Å². The molecule has 4 aromatic rings. The van der Waals surface area contributed by atoms with Crippen molar-refractivity contribution >= 4 is 35.4 Å². The van der Waals surface area contributed by atoms with E-state index in [4.69, 9.17) is 19.1 Å². The molecule has 4 saturated heterocycles. The third-order valence-electron chi connectivity index (χ3n) is 12.3. The fourth-order valence-electron chi connectivity index (χ4n) is 11.0. The van der Waals surface area contributed by atoms with Gasteiger partial charge in [0.2, 0.25) is 11.8 Å². The standard InChI is InChI=1S/C49H56N4O8/c1-44(2)30-48(31-45(3,4)52(44)60-38-15-11-9-12-16-38)28-40(54)50(42(56)58-48)36-23-19-34(20-24-36)27-35-21-25-37(26-22-35)51-41(55)29-49(59-43(51)57)32-46(5,6)53(47(7,8)33-49)61-39-17-13-10-14-18-39/h9-26H,27-33H2,1-8H3. The Morgan fingerprint density at radius 1 is 0.459 bits per heavy atom. The number of rotatable bonds is 8. The van der Waals surface area contributed by atoms with Crippen LogP contribution < -0.4 is 19.5 Å². The maximum absolute atomic E-state index is 13.8. The van der Waals surface area contributed by atoms with Gasteiger partial charge in [-0.15, -0.1) is 10.1 Å². The summed E-state index contributed by atoms with van der Waals surface area (Å²) in [4.78, 5) is 69.9. The van der Waals surface area contributed by atoms with Gasteiger partial charge in [-0.05, 0) is 121 Å². The van der Waals surface area contributed by atoms with Crippen LogP contribution in [0.3, 0.4) is 0 Å². The van der Waals surface area contributed by atoms with Crippen LogP contribution in [0.15, 0.2) is 109 Å². The zero-order valence-electron chi connectivity index (χ0n) is 36.4. The molecule has 12 heteroatoms. The zero-order chi connectivity index (χ0) is 43.6. The average molecular weight is 829 g/mol. The molecule has 4 aromatic carbocycles. The molecule has 4 amide bonds. The first-order valence-corrected chi connectivity index (χ1v) is 21.1. The molecular weight excluding hydrogens is 773 g/mol. The molecule has 4 fully saturated rings. The SMILES string of the molecule is CC1(C)CC2(CC(=O)N(c3ccc(Cc4ccc(N5C(=O)CC6(CC(C)(C)N(Oc7ccccc7)C(C)(C)C6)OC5=O)cc4)cc3)C(=O)O2)CC(C)(C)N1Oc1ccccc1. The number of hydrogen-bond acceptors (Lipinski definition) is 10. The summed E-state index contributed by atoms with van der Waals surface area (Å²) in [6.45, 7) is 16.3. The first-order valence-electron chi connectivity index (χ1n) is 21.1. The number of amides is 4. The van der Waals surface area contributed by atoms with Gasteiger partial charge in [-0.1, -0.05) is 60.7 Å². The van der Waals surface area contributed by atoms with E-state index in [0.717, 1.165) is 20.9 Å². The van der Waals surface area contributed by atoms with Crippen LogP contribution in [0, 0.1) is 0 Å². The lowest BCUT2D eigenvalue weighted by atomic mass is 9.70. The van der Waals surface area contributed by atoms with Gasteiger partial charge in [0.05, 0.1) is 46.4 Å². The van der Waals surface area contributed by atoms with E-state index >= 15 is 0 Å². The van der Waals surface area contributed by atoms with Crippen LogP contribution in [0.25, 0.3) is 0 Å². The van der Waals surface area contributed by atoms with E-state index < -0.39 is 45.5 Å². The number of piperidine rings is 2. The van der Waals surface area contributed by atoms with Crippen molar-refractivity contribution in [2.24, 2.45) is 0 Å². The van der Waals surface area contributed by atoms with Crippen LogP contribution in [-0.2, 0) is 25.5 Å². The molecule has 12 nitrogen and oxygen atoms in total. The average Bonchev–Trinajstić information content (AvgIpc) is 3.15. The van der Waals surface area contributed by atoms with E-state index in [-0.39, 0.29) is 24.7 Å². The molecule has 0 radical (unpaired) electrons. The van der Waals surface area contributed by atoms with Crippen molar-refractivity contribution in [3.8, 4) is 11.5 Å². The second-order valence-corrected chi connectivity index (χ2v) is 19.8. The maximum Gasteiger partial charge on any atom is 0.421 e. The van der Waals surface area contributed by atoms with E-state index in [1.165, 1.54) is 0 Å². The molecule has 4 aliphatic heterocycles. The Kier molecular flexibility index (Phi) is 10.3. The summed E-state index contributed by atoms with van der Waals surface area (Å²) in [7, 11) is 0. The predicted octanol–water partition coefficient (Wildman–Crippen LogP) is 9.80. The monoisotopic (exact) mass is 828 g/mol. The van der Waals surface area contributed by atoms with Gasteiger partial charge in [0.15, 0.2) is 0 Å². The molecule has 0 saturated carbocycles. The van der Waals surface area contributed by atoms with E-state index in [2.05, 4.69) is 0 Å². The van der Waals surface area contributed by atoms with Crippen LogP contribution in [0.4, 0.5) is 21.0 Å². The van der Waals surface area contributed by atoms with Gasteiger partial charge in [-0.3, -0.25) is 9.59 Å². The fraction of sp³-hybridized carbons (Fsp3) is 0.429. The Balaban J connectivity index is 0.891. The highest BCUT2D eigenvalue weighted by Crippen LogP contribution is 2.51. The highest BCUT2D eigenvalue weighted by Gasteiger charge is 2.61. The summed E-state index contributed by atoms with van der Waals surface area (Å²) < 4.78 is 12.4. The van der Waals surface area contributed by atoms with Crippen LogP contribution in [0.5, 0.6) is 11.5 Å². The first kappa shape index (κ1) is 42.0. The zero-order valence-corrected chi connectivity index (χ0v) is 36.4. The van der Waals surface area contributed by atoms with Crippen LogP contribution >= 0.6 is 0 Å². The Bertz CT molecular complexity index is 2070. The lowest BCUT2D eigenvalue weighted by Crippen LogP contribution is -2.69. The van der Waals surface area contributed by atoms with Crippen LogP contribution in [-0.4, -0.2) is 67.5 Å². The minimum absolute atomic E-state index is 0.0607. The summed E-state index contributed by atoms with van der Waals surface area (Å²) in [5.74, 6) is 0.812. The quantitative estimate of drug-likeness (QED) is 0.170. The lowest BCUT2D eigenvalue weighted by molar-refractivity contribution is -0.255. The van der Waals surface area contributed by atoms with Gasteiger partial charge >= 0.3 is 12.2 Å². The van der Waals surface area contributed by atoms with E-state index in [1.807, 2.05) is 150 Å². The summed E-state index contributed by atoms with van der Waals surface area (Å²) in [6, 6.07) is 33.7. The molecule has 61 heavy (non-hydrogen) atoms. The molecule has 0 bridgehead atoms. The van der Waals surface area contributed by atoms with E-state index in [9.17, 15) is 19.2 Å². The van der Waals surface area contributed by atoms with Crippen molar-refractivity contribution in [1.29, 1.82) is 0 Å². The fourth-order valence-corrected chi connectivity index (χ4v) is 11.0. The number of benzene rings is 4. The molecule has 0 atom stereocenters. The Morgan fingerprint density at radius 3 is 1.07 bits per heavy atom. The van der Waals surface area contributed by atoms with Crippen LogP contribution in [0.1, 0.15) is 105 Å². The summed E-state index contributed by atoms with van der Waals surface area (Å²) in [6.07, 6.45) is 0.993. The van der Waals surface area contributed by atoms with Crippen molar-refractivity contribution in [3.05, 3.63) is 120 Å². The minimum atomic E-state index is -0.971. The Labute approximate surface area is 358 Å². The predicted molar refractivity (Wildman–Crippen MR) is 231 cm³/mol. The smallest absolute Gasteiger partial charge is 0.421 e. The topological polar surface area (TPSA) is 118 Å². The van der Waals surface area contributed by atoms with Gasteiger partial charge in [-0.2, -0.15) is 0 Å². The van der Waals surface area contributed by atoms with Crippen LogP contribution in [0.2, 0.25) is 0 Å². The summed E-state index contributed by atoms with van der Waals surface area (Å²) >= 11 is 0. The molecule has 0 N–H and O–H groups in total. The molecule has 4 heterocycles. The highest BCUT2D eigenvalue weighted by molar-refractivity contribution is 6.15. The molecule has 8 rings (SSSR count). The normalized spacial score (nSPS) is 22.8. The third kappa shape index (κ3) is 8.23. The largest absolute Gasteiger partial charge is 0.442 e. The van der Waals surface area contributed by atoms with Crippen molar-refractivity contribution in [2.45, 2.75) is 134 Å². The van der Waals surface area contributed by atoms with Crippen molar-refractivity contribution in [3.63, 3.8) is 0 Å². The third-order valence-corrected chi connectivity index (χ3v) is 12.3. The number of nitrogens with zero attached hydrogens (tertiary/aromatic N) is 4. The molecule has 0 unspecified atom stereocenters. The highest BCUT2D eigenvalue weighted by atomic mass is 16.7. The lowest BCUT2D eigenvalue weighted by Gasteiger charge is -2.58. The van der Waals surface area contributed by atoms with Gasteiger partial charge in [0, 0.05) is 25.7 Å². The van der Waals surface area contributed by atoms with Crippen molar-refractivity contribution in [1.82, 2.24) is 10.1 Å². The summed E-state index contributed by atoms with van der Waals surface area (Å²) in [5.41, 5.74) is -1.39. The van der Waals surface area contributed by atoms with E-state index in [0.29, 0.717) is 55.0 Å². The maximum atomic E-state index is 13.8. The number of para-hydroxylation sites is 2. The number of carbonyl (C=O) groups is 4. The van der Waals surface area contributed by atoms with Crippen molar-refractivity contribution in [2.75, 3.05) is 9.80 Å². The molecular formula is C49H56N4O8. The second-order valence-electron chi connectivity index (χ2n) is 19.8. The molecule has 0 aliphatic carbocycles. The van der Waals surface area contributed by atoms with Gasteiger partial charge in [0.1, 0.15) is 22.7 Å². The van der Waals surface area contributed by atoms with Crippen molar-refractivity contribution < 1.29 is 38.3 Å². The minimum Gasteiger partial charge on any atom is -0.442 e. The van der Waals surface area contributed by atoms with Gasteiger partial charge in [-0.25, -0.2) is 19.4 Å². The van der Waals surface area contributed by atoms with E-state index in [1.54, 1.807) is 24.3 Å². The number of hydrogen-bond donors (Lipinski definition) is 0. The Hall–Kier alpha value is -5.72. The number of imide groups is 2. The molecule has 0 aromatic heterocycles. The number of carbonyl (C=O) groups excluding carboxylic acids is 4. The van der Waals surface area contributed by atoms with Gasteiger partial charge < -0.3 is 19.1 Å². The number of hydroxylamine groups is 4. The Morgan fingerprint density at radius 2 is 0.770 bits per heavy atom.